The molecular weight excluding hydrogens is 240 g/mol. The fourth-order valence-electron chi connectivity index (χ4n) is 1.32. The Morgan fingerprint density at radius 3 is 2.47 bits per heavy atom. The van der Waals surface area contributed by atoms with Gasteiger partial charge in [0.15, 0.2) is 0 Å². The molecule has 0 radical (unpaired) electrons. The van der Waals surface area contributed by atoms with Crippen LogP contribution in [-0.2, 0) is 0 Å². The number of esters is 1. The fraction of sp³-hybridized carbons (Fsp3) is 0. The van der Waals surface area contributed by atoms with Gasteiger partial charge < -0.3 is 9.84 Å². The molecule has 0 saturated heterocycles. The first-order valence-corrected chi connectivity index (χ1v) is 5.30. The Morgan fingerprint density at radius 2 is 1.82 bits per heavy atom. The number of ether oxygens (including phenoxy) is 1. The second-order valence-electron chi connectivity index (χ2n) is 3.37. The molecule has 1 N–H and O–H groups in total. The van der Waals surface area contributed by atoms with Gasteiger partial charge in [-0.05, 0) is 30.3 Å². The number of hydrogen-bond acceptors (Lipinski definition) is 3. The lowest BCUT2D eigenvalue weighted by Crippen LogP contribution is -2.08. The van der Waals surface area contributed by atoms with E-state index in [4.69, 9.17) is 16.3 Å². The third kappa shape index (κ3) is 2.77. The fourth-order valence-corrected chi connectivity index (χ4v) is 1.57. The highest BCUT2D eigenvalue weighted by atomic mass is 35.5. The van der Waals surface area contributed by atoms with Gasteiger partial charge in [-0.3, -0.25) is 0 Å². The van der Waals surface area contributed by atoms with Crippen LogP contribution in [0, 0.1) is 0 Å². The summed E-state index contributed by atoms with van der Waals surface area (Å²) in [5.41, 5.74) is 0.216. The monoisotopic (exact) mass is 248 g/mol. The molecule has 0 unspecified atom stereocenters. The van der Waals surface area contributed by atoms with Crippen molar-refractivity contribution >= 4 is 17.6 Å². The molecule has 17 heavy (non-hydrogen) atoms. The predicted octanol–water partition coefficient (Wildman–Crippen LogP) is 3.26. The molecule has 0 aliphatic rings. The van der Waals surface area contributed by atoms with Gasteiger partial charge in [-0.1, -0.05) is 29.8 Å². The quantitative estimate of drug-likeness (QED) is 0.655. The number of halogens is 1. The summed E-state index contributed by atoms with van der Waals surface area (Å²) < 4.78 is 5.12. The molecule has 0 spiro atoms. The van der Waals surface area contributed by atoms with Crippen LogP contribution in [0.15, 0.2) is 48.5 Å². The van der Waals surface area contributed by atoms with E-state index < -0.39 is 5.97 Å². The lowest BCUT2D eigenvalue weighted by Gasteiger charge is -2.05. The Balaban J connectivity index is 2.21. The minimum atomic E-state index is -0.554. The largest absolute Gasteiger partial charge is 0.508 e. The molecule has 0 heterocycles. The van der Waals surface area contributed by atoms with Crippen molar-refractivity contribution in [2.24, 2.45) is 0 Å². The summed E-state index contributed by atoms with van der Waals surface area (Å²) in [7, 11) is 0. The molecule has 86 valence electrons. The highest BCUT2D eigenvalue weighted by Gasteiger charge is 2.12. The van der Waals surface area contributed by atoms with Crippen molar-refractivity contribution in [3.8, 4) is 11.5 Å². The van der Waals surface area contributed by atoms with Crippen LogP contribution in [0.4, 0.5) is 0 Å². The normalized spacial score (nSPS) is 9.94. The first-order valence-electron chi connectivity index (χ1n) is 4.92. The Morgan fingerprint density at radius 1 is 1.12 bits per heavy atom. The zero-order valence-corrected chi connectivity index (χ0v) is 9.52. The molecule has 0 saturated carbocycles. The number of aromatic hydroxyl groups is 1. The van der Waals surface area contributed by atoms with E-state index in [1.165, 1.54) is 18.2 Å². The molecule has 0 atom stereocenters. The maximum atomic E-state index is 11.8. The zero-order chi connectivity index (χ0) is 12.3. The van der Waals surface area contributed by atoms with Crippen molar-refractivity contribution in [1.29, 1.82) is 0 Å². The Kier molecular flexibility index (Phi) is 3.30. The topological polar surface area (TPSA) is 46.5 Å². The van der Waals surface area contributed by atoms with E-state index in [1.807, 2.05) is 6.07 Å². The second kappa shape index (κ2) is 4.89. The van der Waals surface area contributed by atoms with Crippen molar-refractivity contribution in [2.75, 3.05) is 0 Å². The van der Waals surface area contributed by atoms with Crippen LogP contribution in [0.2, 0.25) is 5.02 Å². The van der Waals surface area contributed by atoms with Gasteiger partial charge in [0.1, 0.15) is 11.5 Å². The molecule has 0 bridgehead atoms. The van der Waals surface area contributed by atoms with Crippen molar-refractivity contribution in [3.05, 3.63) is 59.1 Å². The number of para-hydroxylation sites is 1. The maximum absolute atomic E-state index is 11.8. The van der Waals surface area contributed by atoms with E-state index >= 15 is 0 Å². The van der Waals surface area contributed by atoms with Crippen molar-refractivity contribution in [1.82, 2.24) is 0 Å². The molecule has 2 aromatic carbocycles. The van der Waals surface area contributed by atoms with Gasteiger partial charge >= 0.3 is 5.97 Å². The van der Waals surface area contributed by atoms with Gasteiger partial charge in [-0.25, -0.2) is 4.79 Å². The van der Waals surface area contributed by atoms with Gasteiger partial charge in [0.05, 0.1) is 10.6 Å². The minimum absolute atomic E-state index is 0.00580. The number of carbonyl (C=O) groups excluding carboxylic acids is 1. The summed E-state index contributed by atoms with van der Waals surface area (Å²) in [5, 5.41) is 9.33. The lowest BCUT2D eigenvalue weighted by molar-refractivity contribution is 0.0735. The van der Waals surface area contributed by atoms with E-state index in [0.29, 0.717) is 5.75 Å². The van der Waals surface area contributed by atoms with Crippen LogP contribution in [0.25, 0.3) is 0 Å². The number of hydrogen-bond donors (Lipinski definition) is 1. The van der Waals surface area contributed by atoms with Crippen LogP contribution >= 0.6 is 11.6 Å². The zero-order valence-electron chi connectivity index (χ0n) is 8.76. The van der Waals surface area contributed by atoms with Crippen LogP contribution in [0.1, 0.15) is 10.4 Å². The average Bonchev–Trinajstić information content (AvgIpc) is 2.30. The van der Waals surface area contributed by atoms with E-state index in [2.05, 4.69) is 0 Å². The molecule has 0 fully saturated rings. The number of carbonyl (C=O) groups is 1. The molecular formula is C13H9ClO3. The first-order chi connectivity index (χ1) is 8.16. The summed E-state index contributed by atoms with van der Waals surface area (Å²) in [4.78, 5) is 11.8. The minimum Gasteiger partial charge on any atom is -0.508 e. The molecule has 0 aliphatic heterocycles. The average molecular weight is 249 g/mol. The van der Waals surface area contributed by atoms with Crippen molar-refractivity contribution < 1.29 is 14.6 Å². The molecule has 0 aromatic heterocycles. The molecule has 4 heteroatoms. The van der Waals surface area contributed by atoms with Gasteiger partial charge in [0.25, 0.3) is 0 Å². The first kappa shape index (κ1) is 11.5. The third-order valence-corrected chi connectivity index (χ3v) is 2.44. The van der Waals surface area contributed by atoms with E-state index in [-0.39, 0.29) is 16.3 Å². The molecule has 3 nitrogen and oxygen atoms in total. The lowest BCUT2D eigenvalue weighted by atomic mass is 10.2. The second-order valence-corrected chi connectivity index (χ2v) is 3.77. The van der Waals surface area contributed by atoms with Crippen LogP contribution in [-0.4, -0.2) is 11.1 Å². The van der Waals surface area contributed by atoms with Gasteiger partial charge in [0.2, 0.25) is 0 Å². The van der Waals surface area contributed by atoms with Crippen LogP contribution < -0.4 is 4.74 Å². The predicted molar refractivity (Wildman–Crippen MR) is 64.5 cm³/mol. The Bertz CT molecular complexity index is 538. The number of benzene rings is 2. The highest BCUT2D eigenvalue weighted by molar-refractivity contribution is 6.33. The summed E-state index contributed by atoms with van der Waals surface area (Å²) in [6, 6.07) is 12.8. The Labute approximate surface area is 103 Å². The molecule has 2 aromatic rings. The number of phenols is 1. The van der Waals surface area contributed by atoms with Crippen LogP contribution in [0.5, 0.6) is 11.5 Å². The van der Waals surface area contributed by atoms with Crippen LogP contribution in [0.3, 0.4) is 0 Å². The standard InChI is InChI=1S/C13H9ClO3/c14-12-8-9(15)6-7-11(12)13(16)17-10-4-2-1-3-5-10/h1-8,15H. The van der Waals surface area contributed by atoms with Gasteiger partial charge in [-0.2, -0.15) is 0 Å². The summed E-state index contributed by atoms with van der Waals surface area (Å²) in [5.74, 6) is -0.103. The number of rotatable bonds is 2. The summed E-state index contributed by atoms with van der Waals surface area (Å²) in [6.07, 6.45) is 0. The number of phenolic OH excluding ortho intramolecular Hbond substituents is 1. The van der Waals surface area contributed by atoms with E-state index in [1.54, 1.807) is 24.3 Å². The highest BCUT2D eigenvalue weighted by Crippen LogP contribution is 2.23. The van der Waals surface area contributed by atoms with E-state index in [9.17, 15) is 9.90 Å². The summed E-state index contributed by atoms with van der Waals surface area (Å²) >= 11 is 5.83. The molecule has 0 aliphatic carbocycles. The summed E-state index contributed by atoms with van der Waals surface area (Å²) in [6.45, 7) is 0. The van der Waals surface area contributed by atoms with Gasteiger partial charge in [0, 0.05) is 0 Å². The third-order valence-electron chi connectivity index (χ3n) is 2.13. The molecule has 0 amide bonds. The van der Waals surface area contributed by atoms with E-state index in [0.717, 1.165) is 0 Å². The van der Waals surface area contributed by atoms with Gasteiger partial charge in [-0.15, -0.1) is 0 Å². The SMILES string of the molecule is O=C(Oc1ccccc1)c1ccc(O)cc1Cl. The van der Waals surface area contributed by atoms with Crippen molar-refractivity contribution in [2.45, 2.75) is 0 Å². The maximum Gasteiger partial charge on any atom is 0.345 e. The Hall–Kier alpha value is -2.00. The smallest absolute Gasteiger partial charge is 0.345 e. The molecule has 2 rings (SSSR count). The van der Waals surface area contributed by atoms with Crippen molar-refractivity contribution in [3.63, 3.8) is 0 Å².